The average molecular weight is 296 g/mol. The van der Waals surface area contributed by atoms with Crippen LogP contribution in [0.5, 0.6) is 0 Å². The molecule has 0 aromatic carbocycles. The van der Waals surface area contributed by atoms with Crippen LogP contribution in [0, 0.1) is 0 Å². The standard InChI is InChI=1S/C16H32N4O/c1-14(2)19-10-4-15(5-11-19)18(3)9-6-16(21)20-12-7-17-8-13-20/h14-15,17H,4-13H2,1-3H3. The first-order valence-electron chi connectivity index (χ1n) is 8.50. The number of piperidine rings is 1. The SMILES string of the molecule is CC(C)N1CCC(N(C)CCC(=O)N2CCNCC2)CC1. The van der Waals surface area contributed by atoms with Crippen molar-refractivity contribution < 1.29 is 4.79 Å². The second-order valence-electron chi connectivity index (χ2n) is 6.72. The first kappa shape index (κ1) is 16.7. The highest BCUT2D eigenvalue weighted by Crippen LogP contribution is 2.17. The molecule has 1 N–H and O–H groups in total. The number of hydrogen-bond acceptors (Lipinski definition) is 4. The molecule has 0 unspecified atom stereocenters. The number of carbonyl (C=O) groups is 1. The smallest absolute Gasteiger partial charge is 0.223 e. The van der Waals surface area contributed by atoms with E-state index in [-0.39, 0.29) is 0 Å². The van der Waals surface area contributed by atoms with Gasteiger partial charge in [0.15, 0.2) is 0 Å². The minimum Gasteiger partial charge on any atom is -0.340 e. The van der Waals surface area contributed by atoms with E-state index in [2.05, 4.69) is 36.0 Å². The van der Waals surface area contributed by atoms with Crippen LogP contribution in [0.15, 0.2) is 0 Å². The Morgan fingerprint density at radius 2 is 1.81 bits per heavy atom. The van der Waals surface area contributed by atoms with Gasteiger partial charge in [0.25, 0.3) is 0 Å². The zero-order valence-corrected chi connectivity index (χ0v) is 14.0. The molecule has 2 aliphatic heterocycles. The third kappa shape index (κ3) is 4.94. The molecule has 5 heteroatoms. The van der Waals surface area contributed by atoms with Gasteiger partial charge < -0.3 is 20.0 Å². The molecule has 21 heavy (non-hydrogen) atoms. The summed E-state index contributed by atoms with van der Waals surface area (Å²) in [7, 11) is 2.18. The first-order valence-corrected chi connectivity index (χ1v) is 8.50. The van der Waals surface area contributed by atoms with Crippen molar-refractivity contribution in [1.82, 2.24) is 20.0 Å². The number of carbonyl (C=O) groups excluding carboxylic acids is 1. The summed E-state index contributed by atoms with van der Waals surface area (Å²) in [6, 6.07) is 1.31. The zero-order valence-electron chi connectivity index (χ0n) is 14.0. The van der Waals surface area contributed by atoms with Crippen LogP contribution >= 0.6 is 0 Å². The molecular weight excluding hydrogens is 264 g/mol. The third-order valence-electron chi connectivity index (χ3n) is 5.00. The predicted molar refractivity (Wildman–Crippen MR) is 86.4 cm³/mol. The van der Waals surface area contributed by atoms with Gasteiger partial charge in [0, 0.05) is 51.2 Å². The lowest BCUT2D eigenvalue weighted by atomic mass is 10.0. The molecule has 0 bridgehead atoms. The van der Waals surface area contributed by atoms with Gasteiger partial charge in [0.1, 0.15) is 0 Å². The molecular formula is C16H32N4O. The summed E-state index contributed by atoms with van der Waals surface area (Å²) in [4.78, 5) is 19.1. The Labute approximate surface area is 129 Å². The number of likely N-dealkylation sites (tertiary alicyclic amines) is 1. The van der Waals surface area contributed by atoms with Crippen molar-refractivity contribution in [3.8, 4) is 0 Å². The molecule has 2 saturated heterocycles. The van der Waals surface area contributed by atoms with Crippen molar-refractivity contribution >= 4 is 5.91 Å². The highest BCUT2D eigenvalue weighted by molar-refractivity contribution is 5.76. The van der Waals surface area contributed by atoms with Crippen LogP contribution in [-0.2, 0) is 4.79 Å². The third-order valence-corrected chi connectivity index (χ3v) is 5.00. The van der Waals surface area contributed by atoms with Crippen molar-refractivity contribution in [2.75, 3.05) is 52.9 Å². The largest absolute Gasteiger partial charge is 0.340 e. The van der Waals surface area contributed by atoms with Crippen LogP contribution < -0.4 is 5.32 Å². The Hall–Kier alpha value is -0.650. The molecule has 5 nitrogen and oxygen atoms in total. The lowest BCUT2D eigenvalue weighted by Gasteiger charge is -2.38. The van der Waals surface area contributed by atoms with Crippen LogP contribution in [-0.4, -0.2) is 85.6 Å². The molecule has 1 amide bonds. The summed E-state index contributed by atoms with van der Waals surface area (Å²) in [5.41, 5.74) is 0. The number of amides is 1. The fraction of sp³-hybridized carbons (Fsp3) is 0.938. The maximum Gasteiger partial charge on any atom is 0.223 e. The second kappa shape index (κ2) is 8.11. The average Bonchev–Trinajstić information content (AvgIpc) is 2.53. The summed E-state index contributed by atoms with van der Waals surface area (Å²) in [5, 5.41) is 3.29. The summed E-state index contributed by atoms with van der Waals surface area (Å²) < 4.78 is 0. The molecule has 0 radical (unpaired) electrons. The van der Waals surface area contributed by atoms with Crippen LogP contribution in [0.3, 0.4) is 0 Å². The highest BCUT2D eigenvalue weighted by Gasteiger charge is 2.24. The molecule has 2 rings (SSSR count). The van der Waals surface area contributed by atoms with E-state index in [9.17, 15) is 4.79 Å². The van der Waals surface area contributed by atoms with Crippen LogP contribution in [0.4, 0.5) is 0 Å². The maximum absolute atomic E-state index is 12.2. The molecule has 0 aromatic heterocycles. The Balaban J connectivity index is 1.67. The second-order valence-corrected chi connectivity index (χ2v) is 6.72. The Kier molecular flexibility index (Phi) is 6.45. The maximum atomic E-state index is 12.2. The van der Waals surface area contributed by atoms with Gasteiger partial charge in [-0.2, -0.15) is 0 Å². The minimum absolute atomic E-state index is 0.322. The number of hydrogen-bond donors (Lipinski definition) is 1. The van der Waals surface area contributed by atoms with Gasteiger partial charge in [0.05, 0.1) is 0 Å². The number of nitrogens with zero attached hydrogens (tertiary/aromatic N) is 3. The molecule has 0 atom stereocenters. The molecule has 2 heterocycles. The Bertz CT molecular complexity index is 320. The first-order chi connectivity index (χ1) is 10.1. The van der Waals surface area contributed by atoms with Crippen LogP contribution in [0.25, 0.3) is 0 Å². The number of nitrogens with one attached hydrogen (secondary N) is 1. The van der Waals surface area contributed by atoms with E-state index in [4.69, 9.17) is 0 Å². The molecule has 2 fully saturated rings. The van der Waals surface area contributed by atoms with Crippen molar-refractivity contribution in [3.05, 3.63) is 0 Å². The quantitative estimate of drug-likeness (QED) is 0.807. The summed E-state index contributed by atoms with van der Waals surface area (Å²) >= 11 is 0. The van der Waals surface area contributed by atoms with Gasteiger partial charge in [-0.25, -0.2) is 0 Å². The van der Waals surface area contributed by atoms with Gasteiger partial charge in [-0.1, -0.05) is 0 Å². The van der Waals surface area contributed by atoms with E-state index in [1.54, 1.807) is 0 Å². The zero-order chi connectivity index (χ0) is 15.2. The van der Waals surface area contributed by atoms with Gasteiger partial charge in [-0.15, -0.1) is 0 Å². The van der Waals surface area contributed by atoms with Crippen LogP contribution in [0.2, 0.25) is 0 Å². The highest BCUT2D eigenvalue weighted by atomic mass is 16.2. The summed E-state index contributed by atoms with van der Waals surface area (Å²) in [5.74, 6) is 0.322. The monoisotopic (exact) mass is 296 g/mol. The van der Waals surface area contributed by atoms with Crippen LogP contribution in [0.1, 0.15) is 33.1 Å². The van der Waals surface area contributed by atoms with Gasteiger partial charge in [-0.05, 0) is 46.8 Å². The molecule has 0 aliphatic carbocycles. The molecule has 0 aromatic rings. The van der Waals surface area contributed by atoms with E-state index in [0.29, 0.717) is 24.4 Å². The topological polar surface area (TPSA) is 38.8 Å². The van der Waals surface area contributed by atoms with E-state index < -0.39 is 0 Å². The summed E-state index contributed by atoms with van der Waals surface area (Å²) in [6.07, 6.45) is 3.13. The number of rotatable bonds is 5. The molecule has 2 aliphatic rings. The van der Waals surface area contributed by atoms with Gasteiger partial charge in [-0.3, -0.25) is 4.79 Å². The summed E-state index contributed by atoms with van der Waals surface area (Å²) in [6.45, 7) is 11.5. The van der Waals surface area contributed by atoms with Gasteiger partial charge in [0.2, 0.25) is 5.91 Å². The predicted octanol–water partition coefficient (Wildman–Crippen LogP) is 0.613. The Morgan fingerprint density at radius 1 is 1.19 bits per heavy atom. The normalized spacial score (nSPS) is 22.2. The van der Waals surface area contributed by atoms with Crippen molar-refractivity contribution in [3.63, 3.8) is 0 Å². The minimum atomic E-state index is 0.322. The van der Waals surface area contributed by atoms with E-state index in [1.807, 2.05) is 4.90 Å². The Morgan fingerprint density at radius 3 is 2.38 bits per heavy atom. The fourth-order valence-electron chi connectivity index (χ4n) is 3.37. The van der Waals surface area contributed by atoms with E-state index >= 15 is 0 Å². The lowest BCUT2D eigenvalue weighted by molar-refractivity contribution is -0.132. The van der Waals surface area contributed by atoms with Gasteiger partial charge >= 0.3 is 0 Å². The van der Waals surface area contributed by atoms with Crippen molar-refractivity contribution in [2.24, 2.45) is 0 Å². The van der Waals surface area contributed by atoms with E-state index in [0.717, 1.165) is 32.7 Å². The fourth-order valence-corrected chi connectivity index (χ4v) is 3.37. The lowest BCUT2D eigenvalue weighted by Crippen LogP contribution is -2.48. The van der Waals surface area contributed by atoms with Crippen molar-refractivity contribution in [1.29, 1.82) is 0 Å². The van der Waals surface area contributed by atoms with Crippen molar-refractivity contribution in [2.45, 2.75) is 45.2 Å². The van der Waals surface area contributed by atoms with E-state index in [1.165, 1.54) is 25.9 Å². The molecule has 0 saturated carbocycles. The molecule has 122 valence electrons. The number of piperazine rings is 1. The molecule has 0 spiro atoms.